The molecule has 1 aliphatic heterocycles. The van der Waals surface area contributed by atoms with Crippen LogP contribution in [0.5, 0.6) is 0 Å². The number of hydrogen-bond donors (Lipinski definition) is 1. The number of carbonyl (C=O) groups excluding carboxylic acids is 1. The quantitative estimate of drug-likeness (QED) is 0.914. The summed E-state index contributed by atoms with van der Waals surface area (Å²) in [6.07, 6.45) is 2.96. The van der Waals surface area contributed by atoms with Gasteiger partial charge in [-0.25, -0.2) is 0 Å². The van der Waals surface area contributed by atoms with E-state index < -0.39 is 17.9 Å². The maximum Gasteiger partial charge on any atom is 0.309 e. The lowest BCUT2D eigenvalue weighted by Crippen LogP contribution is -2.43. The van der Waals surface area contributed by atoms with E-state index in [0.717, 1.165) is 0 Å². The van der Waals surface area contributed by atoms with E-state index in [4.69, 9.17) is 4.42 Å². The zero-order chi connectivity index (χ0) is 14.9. The molecule has 1 aromatic rings. The first-order valence-corrected chi connectivity index (χ1v) is 7.49. The molecule has 0 spiro atoms. The van der Waals surface area contributed by atoms with Gasteiger partial charge in [-0.15, -0.1) is 0 Å². The van der Waals surface area contributed by atoms with Crippen LogP contribution < -0.4 is 0 Å². The number of halogens is 1. The fourth-order valence-electron chi connectivity index (χ4n) is 2.80. The molecule has 0 aliphatic carbocycles. The minimum absolute atomic E-state index is 0.0166. The summed E-state index contributed by atoms with van der Waals surface area (Å²) in [5.41, 5.74) is 0. The van der Waals surface area contributed by atoms with Crippen molar-refractivity contribution < 1.29 is 19.1 Å². The van der Waals surface area contributed by atoms with Gasteiger partial charge in [0.25, 0.3) is 0 Å². The predicted octanol–water partition coefficient (Wildman–Crippen LogP) is 3.20. The molecular formula is C14H18BrNO4. The SMILES string of the molecule is CC(C)N1C(=O)CCCC(C(=O)O)C1c1occc1Br. The number of nitrogens with zero attached hydrogens (tertiary/aromatic N) is 1. The number of hydrogen-bond acceptors (Lipinski definition) is 3. The summed E-state index contributed by atoms with van der Waals surface area (Å²) in [5.74, 6) is -1.04. The number of carboxylic acid groups (broad SMARTS) is 1. The Bertz CT molecular complexity index is 511. The predicted molar refractivity (Wildman–Crippen MR) is 76.1 cm³/mol. The van der Waals surface area contributed by atoms with Gasteiger partial charge in [0, 0.05) is 12.5 Å². The molecular weight excluding hydrogens is 326 g/mol. The first-order chi connectivity index (χ1) is 9.43. The van der Waals surface area contributed by atoms with Gasteiger partial charge in [0.1, 0.15) is 11.8 Å². The highest BCUT2D eigenvalue weighted by atomic mass is 79.9. The second kappa shape index (κ2) is 5.99. The standard InChI is InChI=1S/C14H18BrNO4/c1-8(2)16-11(17)5-3-4-9(14(18)19)12(16)13-10(15)6-7-20-13/h6-9,12H,3-5H2,1-2H3,(H,18,19). The van der Waals surface area contributed by atoms with Crippen LogP contribution in [0.3, 0.4) is 0 Å². The molecule has 2 atom stereocenters. The van der Waals surface area contributed by atoms with Crippen LogP contribution in [0.25, 0.3) is 0 Å². The van der Waals surface area contributed by atoms with E-state index in [0.29, 0.717) is 29.5 Å². The molecule has 6 heteroatoms. The van der Waals surface area contributed by atoms with E-state index in [9.17, 15) is 14.7 Å². The summed E-state index contributed by atoms with van der Waals surface area (Å²) >= 11 is 3.38. The van der Waals surface area contributed by atoms with Gasteiger partial charge >= 0.3 is 5.97 Å². The Labute approximate surface area is 126 Å². The number of aliphatic carboxylic acids is 1. The van der Waals surface area contributed by atoms with Crippen LogP contribution in [0.15, 0.2) is 21.2 Å². The molecule has 1 saturated heterocycles. The average molecular weight is 344 g/mol. The molecule has 1 fully saturated rings. The van der Waals surface area contributed by atoms with Crippen LogP contribution in [-0.2, 0) is 9.59 Å². The number of likely N-dealkylation sites (tertiary alicyclic amines) is 1. The summed E-state index contributed by atoms with van der Waals surface area (Å²) in [5, 5.41) is 9.51. The van der Waals surface area contributed by atoms with Gasteiger partial charge in [-0.1, -0.05) is 0 Å². The van der Waals surface area contributed by atoms with Crippen LogP contribution in [0.1, 0.15) is 44.9 Å². The largest absolute Gasteiger partial charge is 0.481 e. The summed E-state index contributed by atoms with van der Waals surface area (Å²) in [7, 11) is 0. The third-order valence-electron chi connectivity index (χ3n) is 3.66. The molecule has 0 aromatic carbocycles. The lowest BCUT2D eigenvalue weighted by Gasteiger charge is -2.35. The maximum atomic E-state index is 12.3. The number of carbonyl (C=O) groups is 2. The Morgan fingerprint density at radius 3 is 2.75 bits per heavy atom. The molecule has 20 heavy (non-hydrogen) atoms. The molecule has 2 rings (SSSR count). The normalized spacial score (nSPS) is 24.0. The van der Waals surface area contributed by atoms with E-state index in [2.05, 4.69) is 15.9 Å². The van der Waals surface area contributed by atoms with Crippen molar-refractivity contribution in [3.05, 3.63) is 22.6 Å². The molecule has 0 bridgehead atoms. The second-order valence-corrected chi connectivity index (χ2v) is 6.16. The van der Waals surface area contributed by atoms with E-state index in [1.165, 1.54) is 6.26 Å². The monoisotopic (exact) mass is 343 g/mol. The highest BCUT2D eigenvalue weighted by Crippen LogP contribution is 2.40. The summed E-state index contributed by atoms with van der Waals surface area (Å²) in [4.78, 5) is 25.6. The Hall–Kier alpha value is -1.30. The zero-order valence-electron chi connectivity index (χ0n) is 11.5. The fourth-order valence-corrected chi connectivity index (χ4v) is 3.24. The lowest BCUT2D eigenvalue weighted by molar-refractivity contribution is -0.147. The molecule has 1 amide bonds. The molecule has 0 radical (unpaired) electrons. The molecule has 0 saturated carbocycles. The molecule has 2 heterocycles. The Balaban J connectivity index is 2.52. The molecule has 1 aromatic heterocycles. The van der Waals surface area contributed by atoms with Gasteiger partial charge in [0.15, 0.2) is 0 Å². The topological polar surface area (TPSA) is 70.8 Å². The Morgan fingerprint density at radius 1 is 1.55 bits per heavy atom. The van der Waals surface area contributed by atoms with Crippen molar-refractivity contribution in [2.75, 3.05) is 0 Å². The van der Waals surface area contributed by atoms with Crippen LogP contribution in [0, 0.1) is 5.92 Å². The summed E-state index contributed by atoms with van der Waals surface area (Å²) in [6.45, 7) is 3.79. The van der Waals surface area contributed by atoms with E-state index >= 15 is 0 Å². The first-order valence-electron chi connectivity index (χ1n) is 6.70. The van der Waals surface area contributed by atoms with Gasteiger partial charge in [0.05, 0.1) is 16.7 Å². The van der Waals surface area contributed by atoms with Crippen LogP contribution >= 0.6 is 15.9 Å². The van der Waals surface area contributed by atoms with E-state index in [1.807, 2.05) is 13.8 Å². The maximum absolute atomic E-state index is 12.3. The molecule has 1 N–H and O–H groups in total. The summed E-state index contributed by atoms with van der Waals surface area (Å²) in [6, 6.07) is 1.08. The van der Waals surface area contributed by atoms with Gasteiger partial charge in [-0.3, -0.25) is 9.59 Å². The molecule has 2 unspecified atom stereocenters. The highest BCUT2D eigenvalue weighted by Gasteiger charge is 2.42. The Morgan fingerprint density at radius 2 is 2.25 bits per heavy atom. The lowest BCUT2D eigenvalue weighted by atomic mass is 9.92. The van der Waals surface area contributed by atoms with E-state index in [1.54, 1.807) is 11.0 Å². The molecule has 110 valence electrons. The fraction of sp³-hybridized carbons (Fsp3) is 0.571. The second-order valence-electron chi connectivity index (χ2n) is 5.31. The van der Waals surface area contributed by atoms with E-state index in [-0.39, 0.29) is 11.9 Å². The van der Waals surface area contributed by atoms with Crippen LogP contribution in [0.2, 0.25) is 0 Å². The minimum atomic E-state index is -0.890. The van der Waals surface area contributed by atoms with Crippen molar-refractivity contribution in [2.45, 2.75) is 45.2 Å². The number of carboxylic acids is 1. The van der Waals surface area contributed by atoms with Crippen LogP contribution in [0.4, 0.5) is 0 Å². The third-order valence-corrected chi connectivity index (χ3v) is 4.32. The molecule has 1 aliphatic rings. The van der Waals surface area contributed by atoms with Crippen molar-refractivity contribution in [2.24, 2.45) is 5.92 Å². The van der Waals surface area contributed by atoms with Gasteiger partial charge in [-0.05, 0) is 48.7 Å². The zero-order valence-corrected chi connectivity index (χ0v) is 13.1. The minimum Gasteiger partial charge on any atom is -0.481 e. The van der Waals surface area contributed by atoms with Crippen molar-refractivity contribution in [1.29, 1.82) is 0 Å². The first kappa shape index (κ1) is 15.1. The van der Waals surface area contributed by atoms with Gasteiger partial charge in [0.2, 0.25) is 5.91 Å². The number of rotatable bonds is 3. The van der Waals surface area contributed by atoms with Gasteiger partial charge in [-0.2, -0.15) is 0 Å². The van der Waals surface area contributed by atoms with Crippen LogP contribution in [-0.4, -0.2) is 27.9 Å². The highest BCUT2D eigenvalue weighted by molar-refractivity contribution is 9.10. The van der Waals surface area contributed by atoms with Crippen molar-refractivity contribution in [3.63, 3.8) is 0 Å². The molecule has 5 nitrogen and oxygen atoms in total. The Kier molecular flexibility index (Phi) is 4.52. The van der Waals surface area contributed by atoms with Crippen molar-refractivity contribution in [1.82, 2.24) is 4.90 Å². The average Bonchev–Trinajstić information content (AvgIpc) is 2.68. The van der Waals surface area contributed by atoms with Gasteiger partial charge < -0.3 is 14.4 Å². The number of amides is 1. The van der Waals surface area contributed by atoms with Crippen molar-refractivity contribution in [3.8, 4) is 0 Å². The summed E-state index contributed by atoms with van der Waals surface area (Å²) < 4.78 is 6.17. The number of furan rings is 1. The smallest absolute Gasteiger partial charge is 0.309 e. The van der Waals surface area contributed by atoms with Crippen molar-refractivity contribution >= 4 is 27.8 Å². The third kappa shape index (κ3) is 2.75.